The van der Waals surface area contributed by atoms with Gasteiger partial charge in [-0.3, -0.25) is 0 Å². The molecule has 1 amide bonds. The Morgan fingerprint density at radius 2 is 2.00 bits per heavy atom. The summed E-state index contributed by atoms with van der Waals surface area (Å²) in [5, 5.41) is 0. The number of amides is 1. The predicted molar refractivity (Wildman–Crippen MR) is 67.7 cm³/mol. The van der Waals surface area contributed by atoms with Crippen molar-refractivity contribution in [3.63, 3.8) is 0 Å². The fraction of sp³-hybridized carbons (Fsp3) is 0.125. The Kier molecular flexibility index (Phi) is 4.92. The molecule has 9 heteroatoms. The minimum Gasteiger partial charge on any atom is -0.452 e. The van der Waals surface area contributed by atoms with E-state index in [1.54, 1.807) is 12.1 Å². The lowest BCUT2D eigenvalue weighted by atomic mass is 10.4. The fourth-order valence-electron chi connectivity index (χ4n) is 0.898. The smallest absolute Gasteiger partial charge is 0.422 e. The van der Waals surface area contributed by atoms with E-state index in [9.17, 15) is 13.2 Å². The molecule has 1 aromatic rings. The number of benzene rings is 1. The fourth-order valence-corrected chi connectivity index (χ4v) is 3.23. The quantitative estimate of drug-likeness (QED) is 0.774. The van der Waals surface area contributed by atoms with Crippen LogP contribution in [0.4, 0.5) is 4.79 Å². The van der Waals surface area contributed by atoms with E-state index in [-0.39, 0.29) is 4.90 Å². The molecule has 94 valence electrons. The third-order valence-corrected chi connectivity index (χ3v) is 4.39. The van der Waals surface area contributed by atoms with Crippen molar-refractivity contribution in [1.82, 2.24) is 10.3 Å². The number of rotatable bonds is 3. The van der Waals surface area contributed by atoms with E-state index in [1.165, 1.54) is 6.07 Å². The van der Waals surface area contributed by atoms with Gasteiger partial charge in [0.25, 0.3) is 10.0 Å². The Bertz CT molecular complexity index is 532. The Hall–Kier alpha value is -0.640. The number of carbonyl (C=O) groups excluding carboxylic acids is 1. The van der Waals surface area contributed by atoms with Gasteiger partial charge in [0, 0.05) is 8.95 Å². The topological polar surface area (TPSA) is 84.5 Å². The van der Waals surface area contributed by atoms with Crippen molar-refractivity contribution in [3.8, 4) is 0 Å². The van der Waals surface area contributed by atoms with E-state index < -0.39 is 16.1 Å². The van der Waals surface area contributed by atoms with Crippen LogP contribution in [0.3, 0.4) is 0 Å². The van der Waals surface area contributed by atoms with Crippen LogP contribution in [0.2, 0.25) is 0 Å². The molecule has 0 aliphatic rings. The monoisotopic (exact) mass is 386 g/mol. The largest absolute Gasteiger partial charge is 0.452 e. The van der Waals surface area contributed by atoms with Gasteiger partial charge in [0.05, 0.1) is 12.0 Å². The SMILES string of the molecule is COC(=O)NNS(=O)(=O)c1cc(Br)ccc1Br. The first-order chi connectivity index (χ1) is 7.86. The summed E-state index contributed by atoms with van der Waals surface area (Å²) in [6.45, 7) is 0. The van der Waals surface area contributed by atoms with Gasteiger partial charge in [-0.05, 0) is 34.1 Å². The minimum atomic E-state index is -3.86. The van der Waals surface area contributed by atoms with Gasteiger partial charge in [-0.15, -0.1) is 4.83 Å². The average molecular weight is 388 g/mol. The van der Waals surface area contributed by atoms with Crippen molar-refractivity contribution in [1.29, 1.82) is 0 Å². The number of ether oxygens (including phenoxy) is 1. The number of hydrogen-bond acceptors (Lipinski definition) is 4. The number of carbonyl (C=O) groups is 1. The van der Waals surface area contributed by atoms with Crippen molar-refractivity contribution in [2.75, 3.05) is 7.11 Å². The number of hydrazine groups is 1. The molecule has 1 aromatic carbocycles. The second kappa shape index (κ2) is 5.80. The maximum atomic E-state index is 11.8. The molecule has 0 aromatic heterocycles. The van der Waals surface area contributed by atoms with Gasteiger partial charge in [0.1, 0.15) is 0 Å². The van der Waals surface area contributed by atoms with Gasteiger partial charge in [0.15, 0.2) is 0 Å². The number of methoxy groups -OCH3 is 1. The molecule has 0 unspecified atom stereocenters. The molecule has 0 radical (unpaired) electrons. The predicted octanol–water partition coefficient (Wildman–Crippen LogP) is 1.76. The summed E-state index contributed by atoms with van der Waals surface area (Å²) in [5.74, 6) is 0. The standard InChI is InChI=1S/C8H8Br2N2O4S/c1-16-8(13)11-12-17(14,15)7-4-5(9)2-3-6(7)10/h2-4,12H,1H3,(H,11,13). The van der Waals surface area contributed by atoms with Crippen molar-refractivity contribution in [2.45, 2.75) is 4.90 Å². The van der Waals surface area contributed by atoms with E-state index in [1.807, 2.05) is 10.3 Å². The van der Waals surface area contributed by atoms with Crippen LogP contribution in [0.1, 0.15) is 0 Å². The summed E-state index contributed by atoms with van der Waals surface area (Å²) >= 11 is 6.26. The van der Waals surface area contributed by atoms with Crippen LogP contribution < -0.4 is 10.3 Å². The molecule has 2 N–H and O–H groups in total. The number of hydrogen-bond donors (Lipinski definition) is 2. The number of halogens is 2. The van der Waals surface area contributed by atoms with Crippen LogP contribution in [-0.2, 0) is 14.8 Å². The third kappa shape index (κ3) is 3.95. The van der Waals surface area contributed by atoms with Gasteiger partial charge in [-0.1, -0.05) is 15.9 Å². The highest BCUT2D eigenvalue weighted by Crippen LogP contribution is 2.25. The van der Waals surface area contributed by atoms with E-state index in [4.69, 9.17) is 0 Å². The minimum absolute atomic E-state index is 0.0109. The Morgan fingerprint density at radius 1 is 1.35 bits per heavy atom. The molecular weight excluding hydrogens is 380 g/mol. The van der Waals surface area contributed by atoms with E-state index in [0.717, 1.165) is 7.11 Å². The summed E-state index contributed by atoms with van der Waals surface area (Å²) in [7, 11) is -2.73. The second-order valence-electron chi connectivity index (χ2n) is 2.80. The van der Waals surface area contributed by atoms with E-state index in [0.29, 0.717) is 8.95 Å². The zero-order chi connectivity index (χ0) is 13.1. The van der Waals surface area contributed by atoms with Crippen LogP contribution in [0.15, 0.2) is 32.0 Å². The number of nitrogens with one attached hydrogen (secondary N) is 2. The molecule has 0 fully saturated rings. The summed E-state index contributed by atoms with van der Waals surface area (Å²) in [5.41, 5.74) is 1.88. The molecule has 0 spiro atoms. The lowest BCUT2D eigenvalue weighted by Crippen LogP contribution is -2.41. The first kappa shape index (κ1) is 14.4. The first-order valence-electron chi connectivity index (χ1n) is 4.17. The molecule has 0 aliphatic heterocycles. The number of sulfonamides is 1. The summed E-state index contributed by atoms with van der Waals surface area (Å²) in [4.78, 5) is 12.6. The van der Waals surface area contributed by atoms with Crippen LogP contribution >= 0.6 is 31.9 Å². The molecule has 0 atom stereocenters. The van der Waals surface area contributed by atoms with Gasteiger partial charge >= 0.3 is 6.09 Å². The van der Waals surface area contributed by atoms with Crippen molar-refractivity contribution in [2.24, 2.45) is 0 Å². The molecule has 1 rings (SSSR count). The van der Waals surface area contributed by atoms with Gasteiger partial charge in [0.2, 0.25) is 0 Å². The van der Waals surface area contributed by atoms with Crippen molar-refractivity contribution >= 4 is 48.0 Å². The Balaban J connectivity index is 2.97. The van der Waals surface area contributed by atoms with E-state index >= 15 is 0 Å². The van der Waals surface area contributed by atoms with Crippen LogP contribution in [0.5, 0.6) is 0 Å². The summed E-state index contributed by atoms with van der Waals surface area (Å²) < 4.78 is 28.8. The highest BCUT2D eigenvalue weighted by molar-refractivity contribution is 9.11. The zero-order valence-electron chi connectivity index (χ0n) is 8.53. The zero-order valence-corrected chi connectivity index (χ0v) is 12.5. The van der Waals surface area contributed by atoms with E-state index in [2.05, 4.69) is 36.6 Å². The van der Waals surface area contributed by atoms with Gasteiger partial charge in [-0.25, -0.2) is 18.6 Å². The molecule has 0 heterocycles. The average Bonchev–Trinajstić information content (AvgIpc) is 2.29. The molecule has 17 heavy (non-hydrogen) atoms. The second-order valence-corrected chi connectivity index (χ2v) is 6.22. The lowest BCUT2D eigenvalue weighted by Gasteiger charge is -2.09. The third-order valence-electron chi connectivity index (χ3n) is 1.66. The summed E-state index contributed by atoms with van der Waals surface area (Å²) in [6, 6.07) is 4.64. The molecule has 0 saturated heterocycles. The molecule has 6 nitrogen and oxygen atoms in total. The maximum absolute atomic E-state index is 11.8. The van der Waals surface area contributed by atoms with Gasteiger partial charge < -0.3 is 4.74 Å². The summed E-state index contributed by atoms with van der Waals surface area (Å²) in [6.07, 6.45) is -0.903. The molecule has 0 bridgehead atoms. The van der Waals surface area contributed by atoms with Gasteiger partial charge in [-0.2, -0.15) is 0 Å². The van der Waals surface area contributed by atoms with Crippen LogP contribution in [-0.4, -0.2) is 21.6 Å². The molecular formula is C8H8Br2N2O4S. The molecule has 0 saturated carbocycles. The molecule has 0 aliphatic carbocycles. The van der Waals surface area contributed by atoms with Crippen LogP contribution in [0.25, 0.3) is 0 Å². The first-order valence-corrected chi connectivity index (χ1v) is 7.24. The Morgan fingerprint density at radius 3 is 2.59 bits per heavy atom. The van der Waals surface area contributed by atoms with Crippen molar-refractivity contribution in [3.05, 3.63) is 27.1 Å². The maximum Gasteiger partial charge on any atom is 0.422 e. The Labute approximate surface area is 115 Å². The van der Waals surface area contributed by atoms with Crippen LogP contribution in [0, 0.1) is 0 Å². The highest BCUT2D eigenvalue weighted by Gasteiger charge is 2.18. The van der Waals surface area contributed by atoms with Crippen molar-refractivity contribution < 1.29 is 17.9 Å². The normalized spacial score (nSPS) is 11.0. The lowest BCUT2D eigenvalue weighted by molar-refractivity contribution is 0.169. The highest BCUT2D eigenvalue weighted by atomic mass is 79.9.